The van der Waals surface area contributed by atoms with Crippen molar-refractivity contribution in [2.75, 3.05) is 39.5 Å². The quantitative estimate of drug-likeness (QED) is 0.238. The van der Waals surface area contributed by atoms with Crippen molar-refractivity contribution in [3.8, 4) is 5.75 Å². The minimum Gasteiger partial charge on any atom is -0.494 e. The van der Waals surface area contributed by atoms with E-state index in [1.165, 1.54) is 5.56 Å². The van der Waals surface area contributed by atoms with Gasteiger partial charge in [0, 0.05) is 32.5 Å². The molecule has 196 valence electrons. The number of nitrogens with one attached hydrogen (secondary N) is 2. The second-order valence-corrected chi connectivity index (χ2v) is 8.86. The SMILES string of the molecule is Cc1ccc(OCCCCNC(=O)CCOCCNC(=O)CCN2C(=O)c3c(c4ccc3o4)C2=O)cc1. The fourth-order valence-corrected chi connectivity index (χ4v) is 4.04. The first kappa shape index (κ1) is 26.2. The van der Waals surface area contributed by atoms with E-state index >= 15 is 0 Å². The average Bonchev–Trinajstić information content (AvgIpc) is 3.57. The number of unbranched alkanes of at least 4 members (excludes halogenated alkanes) is 1. The van der Waals surface area contributed by atoms with Crippen LogP contribution in [0.5, 0.6) is 5.75 Å². The van der Waals surface area contributed by atoms with Crippen molar-refractivity contribution in [1.29, 1.82) is 0 Å². The zero-order valence-corrected chi connectivity index (χ0v) is 20.8. The van der Waals surface area contributed by atoms with E-state index in [1.807, 2.05) is 31.2 Å². The van der Waals surface area contributed by atoms with Crippen molar-refractivity contribution in [3.63, 3.8) is 0 Å². The highest BCUT2D eigenvalue weighted by molar-refractivity contribution is 6.27. The standard InChI is InChI=1S/C27H31N3O7/c1-18-4-6-19(7-5-18)36-15-3-2-12-28-23(32)11-16-35-17-13-29-22(31)10-14-30-26(33)24-20-8-9-21(37-20)25(24)27(30)34/h4-9H,2-3,10-17H2,1H3,(H,28,32)(H,29,31). The van der Waals surface area contributed by atoms with Crippen LogP contribution in [-0.4, -0.2) is 68.0 Å². The molecule has 10 heteroatoms. The van der Waals surface area contributed by atoms with Crippen LogP contribution in [0.2, 0.25) is 0 Å². The van der Waals surface area contributed by atoms with Crippen LogP contribution in [0.4, 0.5) is 0 Å². The Morgan fingerprint density at radius 1 is 0.811 bits per heavy atom. The van der Waals surface area contributed by atoms with Gasteiger partial charge in [-0.1, -0.05) is 17.7 Å². The fraction of sp³-hybridized carbons (Fsp3) is 0.407. The minimum atomic E-state index is -0.431. The van der Waals surface area contributed by atoms with E-state index in [9.17, 15) is 19.2 Å². The van der Waals surface area contributed by atoms with Crippen LogP contribution < -0.4 is 15.4 Å². The summed E-state index contributed by atoms with van der Waals surface area (Å²) in [5.41, 5.74) is 2.54. The molecule has 2 N–H and O–H groups in total. The molecule has 0 fully saturated rings. The topological polar surface area (TPSA) is 127 Å². The number of ether oxygens (including phenoxy) is 2. The molecule has 1 aliphatic rings. The van der Waals surface area contributed by atoms with Crippen molar-refractivity contribution in [3.05, 3.63) is 53.1 Å². The summed E-state index contributed by atoms with van der Waals surface area (Å²) >= 11 is 0. The Morgan fingerprint density at radius 2 is 1.46 bits per heavy atom. The molecule has 0 spiro atoms. The molecule has 2 aromatic heterocycles. The molecular weight excluding hydrogens is 478 g/mol. The first-order valence-electron chi connectivity index (χ1n) is 12.5. The van der Waals surface area contributed by atoms with Crippen LogP contribution in [-0.2, 0) is 14.3 Å². The summed E-state index contributed by atoms with van der Waals surface area (Å²) in [6.45, 7) is 3.98. The van der Waals surface area contributed by atoms with Gasteiger partial charge in [0.05, 0.1) is 30.9 Å². The summed E-state index contributed by atoms with van der Waals surface area (Å²) in [5.74, 6) is -0.399. The normalized spacial score (nSPS) is 12.8. The van der Waals surface area contributed by atoms with Crippen LogP contribution >= 0.6 is 0 Å². The first-order valence-corrected chi connectivity index (χ1v) is 12.5. The number of rotatable bonds is 15. The molecule has 4 amide bonds. The molecule has 0 saturated carbocycles. The maximum Gasteiger partial charge on any atom is 0.265 e. The third kappa shape index (κ3) is 6.65. The summed E-state index contributed by atoms with van der Waals surface area (Å²) in [6, 6.07) is 11.2. The third-order valence-electron chi connectivity index (χ3n) is 6.05. The summed E-state index contributed by atoms with van der Waals surface area (Å²) in [5, 5.41) is 5.54. The molecule has 0 saturated heterocycles. The van der Waals surface area contributed by atoms with Gasteiger partial charge in [0.25, 0.3) is 11.8 Å². The third-order valence-corrected chi connectivity index (χ3v) is 6.05. The van der Waals surface area contributed by atoms with E-state index in [0.717, 1.165) is 23.5 Å². The van der Waals surface area contributed by atoms with Crippen LogP contribution in [0.25, 0.3) is 11.2 Å². The number of hydrogen-bond acceptors (Lipinski definition) is 7. The zero-order valence-electron chi connectivity index (χ0n) is 20.8. The predicted molar refractivity (Wildman–Crippen MR) is 135 cm³/mol. The molecule has 3 aromatic rings. The molecule has 0 atom stereocenters. The van der Waals surface area contributed by atoms with Crippen LogP contribution in [0.15, 0.2) is 40.8 Å². The van der Waals surface area contributed by atoms with Gasteiger partial charge >= 0.3 is 0 Å². The number of hydrogen-bond donors (Lipinski definition) is 2. The predicted octanol–water partition coefficient (Wildman–Crippen LogP) is 2.66. The lowest BCUT2D eigenvalue weighted by atomic mass is 10.1. The molecule has 2 bridgehead atoms. The van der Waals surface area contributed by atoms with Crippen molar-refractivity contribution in [2.24, 2.45) is 0 Å². The van der Waals surface area contributed by atoms with Gasteiger partial charge in [-0.15, -0.1) is 0 Å². The lowest BCUT2D eigenvalue weighted by Crippen LogP contribution is -2.35. The number of fused-ring (bicyclic) bond motifs is 5. The molecule has 4 rings (SSSR count). The summed E-state index contributed by atoms with van der Waals surface area (Å²) in [4.78, 5) is 50.0. The van der Waals surface area contributed by atoms with Crippen LogP contribution in [0.3, 0.4) is 0 Å². The number of amides is 4. The van der Waals surface area contributed by atoms with E-state index < -0.39 is 11.8 Å². The Balaban J connectivity index is 0.979. The second-order valence-electron chi connectivity index (χ2n) is 8.86. The number of carbonyl (C=O) groups excluding carboxylic acids is 4. The highest BCUT2D eigenvalue weighted by Crippen LogP contribution is 2.35. The monoisotopic (exact) mass is 509 g/mol. The molecule has 0 unspecified atom stereocenters. The van der Waals surface area contributed by atoms with Gasteiger partial charge in [-0.25, -0.2) is 0 Å². The van der Waals surface area contributed by atoms with E-state index in [0.29, 0.717) is 24.3 Å². The maximum absolute atomic E-state index is 12.5. The summed E-state index contributed by atoms with van der Waals surface area (Å²) in [7, 11) is 0. The molecule has 1 aliphatic heterocycles. The number of benzene rings is 2. The highest BCUT2D eigenvalue weighted by atomic mass is 16.5. The Hall–Kier alpha value is -3.92. The molecule has 0 aliphatic carbocycles. The Labute approximate surface area is 214 Å². The van der Waals surface area contributed by atoms with Crippen molar-refractivity contribution < 1.29 is 33.1 Å². The van der Waals surface area contributed by atoms with Gasteiger partial charge < -0.3 is 24.5 Å². The van der Waals surface area contributed by atoms with Gasteiger partial charge in [-0.2, -0.15) is 0 Å². The van der Waals surface area contributed by atoms with E-state index in [-0.39, 0.29) is 62.1 Å². The Bertz CT molecular complexity index is 1190. The van der Waals surface area contributed by atoms with Gasteiger partial charge in [0.2, 0.25) is 11.8 Å². The van der Waals surface area contributed by atoms with Gasteiger partial charge in [-0.3, -0.25) is 24.1 Å². The van der Waals surface area contributed by atoms with E-state index in [2.05, 4.69) is 10.6 Å². The lowest BCUT2D eigenvalue weighted by molar-refractivity contribution is -0.123. The zero-order chi connectivity index (χ0) is 26.2. The van der Waals surface area contributed by atoms with Crippen LogP contribution in [0.1, 0.15) is 52.0 Å². The Kier molecular flexibility index (Phi) is 8.73. The summed E-state index contributed by atoms with van der Waals surface area (Å²) < 4.78 is 16.4. The molecule has 3 heterocycles. The van der Waals surface area contributed by atoms with Crippen molar-refractivity contribution in [2.45, 2.75) is 32.6 Å². The highest BCUT2D eigenvalue weighted by Gasteiger charge is 2.41. The fourth-order valence-electron chi connectivity index (χ4n) is 4.04. The van der Waals surface area contributed by atoms with E-state index in [1.54, 1.807) is 12.1 Å². The summed E-state index contributed by atoms with van der Waals surface area (Å²) in [6.07, 6.45) is 1.89. The van der Waals surface area contributed by atoms with Gasteiger partial charge in [-0.05, 0) is 44.0 Å². The lowest BCUT2D eigenvalue weighted by Gasteiger charge is -2.13. The molecular formula is C27H31N3O7. The number of imide groups is 1. The van der Waals surface area contributed by atoms with Crippen LogP contribution in [0, 0.1) is 6.92 Å². The second kappa shape index (κ2) is 12.4. The van der Waals surface area contributed by atoms with Crippen molar-refractivity contribution in [1.82, 2.24) is 15.5 Å². The number of furan rings is 2. The molecule has 10 nitrogen and oxygen atoms in total. The Morgan fingerprint density at radius 3 is 2.16 bits per heavy atom. The van der Waals surface area contributed by atoms with Gasteiger partial charge in [0.1, 0.15) is 16.9 Å². The minimum absolute atomic E-state index is 0.00380. The number of aryl methyl sites for hydroxylation is 1. The number of carbonyl (C=O) groups is 4. The molecule has 37 heavy (non-hydrogen) atoms. The van der Waals surface area contributed by atoms with E-state index in [4.69, 9.17) is 13.9 Å². The number of nitrogens with zero attached hydrogens (tertiary/aromatic N) is 1. The average molecular weight is 510 g/mol. The largest absolute Gasteiger partial charge is 0.494 e. The maximum atomic E-state index is 12.5. The first-order chi connectivity index (χ1) is 17.9. The van der Waals surface area contributed by atoms with Gasteiger partial charge in [0.15, 0.2) is 0 Å². The molecule has 0 radical (unpaired) electrons. The van der Waals surface area contributed by atoms with Crippen molar-refractivity contribution >= 4 is 34.8 Å². The smallest absolute Gasteiger partial charge is 0.265 e. The molecule has 1 aromatic carbocycles.